The number of benzene rings is 1. The first kappa shape index (κ1) is 11.4. The van der Waals surface area contributed by atoms with Gasteiger partial charge in [-0.2, -0.15) is 0 Å². The molecular formula is C7H7O4Si4. The van der Waals surface area contributed by atoms with E-state index in [0.29, 0.717) is 0 Å². The Morgan fingerprint density at radius 1 is 1.00 bits per heavy atom. The fraction of sp³-hybridized carbons (Fsp3) is 0.143. The highest BCUT2D eigenvalue weighted by atomic mass is 28.4. The minimum atomic E-state index is -1.44. The smallest absolute Gasteiger partial charge is 0.412 e. The highest BCUT2D eigenvalue weighted by molar-refractivity contribution is 6.70. The van der Waals surface area contributed by atoms with Crippen molar-refractivity contribution in [3.8, 4) is 0 Å². The van der Waals surface area contributed by atoms with Crippen LogP contribution in [0.2, 0.25) is 0 Å². The van der Waals surface area contributed by atoms with Gasteiger partial charge in [-0.3, -0.25) is 0 Å². The summed E-state index contributed by atoms with van der Waals surface area (Å²) in [6.45, 7) is 2.05. The molecule has 15 heavy (non-hydrogen) atoms. The van der Waals surface area contributed by atoms with E-state index in [1.165, 1.54) is 5.56 Å². The lowest BCUT2D eigenvalue weighted by Gasteiger charge is -2.17. The second-order valence-electron chi connectivity index (χ2n) is 2.76. The van der Waals surface area contributed by atoms with Crippen LogP contribution in [0.15, 0.2) is 24.3 Å². The number of hydrogen-bond donors (Lipinski definition) is 0. The minimum Gasteiger partial charge on any atom is -0.412 e. The molecule has 1 aliphatic heterocycles. The van der Waals surface area contributed by atoms with Crippen LogP contribution in [-0.2, 0) is 16.5 Å². The molecule has 8 heteroatoms. The summed E-state index contributed by atoms with van der Waals surface area (Å²) in [6.07, 6.45) is 0. The quantitative estimate of drug-likeness (QED) is 0.635. The zero-order chi connectivity index (χ0) is 10.5. The molecule has 0 unspecified atom stereocenters. The van der Waals surface area contributed by atoms with Crippen LogP contribution in [0, 0.1) is 6.92 Å². The molecule has 0 aliphatic carbocycles. The molecule has 0 N–H and O–H groups in total. The Kier molecular flexibility index (Phi) is 4.46. The normalized spacial score (nSPS) is 19.5. The third-order valence-corrected chi connectivity index (χ3v) is 6.28. The predicted molar refractivity (Wildman–Crippen MR) is 58.2 cm³/mol. The average Bonchev–Trinajstić information content (AvgIpc) is 2.19. The minimum absolute atomic E-state index is 0.00457. The maximum Gasteiger partial charge on any atom is 0.413 e. The van der Waals surface area contributed by atoms with Crippen molar-refractivity contribution in [3.63, 3.8) is 0 Å². The molecule has 1 aromatic rings. The molecule has 1 saturated heterocycles. The topological polar surface area (TPSA) is 36.9 Å². The van der Waals surface area contributed by atoms with Crippen molar-refractivity contribution in [2.24, 2.45) is 0 Å². The first-order valence-corrected chi connectivity index (χ1v) is 7.98. The molecule has 7 radical (unpaired) electrons. The lowest BCUT2D eigenvalue weighted by Crippen LogP contribution is -2.43. The molecule has 0 amide bonds. The zero-order valence-corrected chi connectivity index (χ0v) is 11.9. The van der Waals surface area contributed by atoms with Gasteiger partial charge < -0.3 is 16.5 Å². The van der Waals surface area contributed by atoms with Crippen LogP contribution >= 0.6 is 0 Å². The van der Waals surface area contributed by atoms with Crippen LogP contribution in [0.4, 0.5) is 0 Å². The molecule has 0 spiro atoms. The Bertz CT molecular complexity index is 316. The van der Waals surface area contributed by atoms with Crippen LogP contribution in [0.1, 0.15) is 5.56 Å². The van der Waals surface area contributed by atoms with Gasteiger partial charge in [-0.1, -0.05) is 24.3 Å². The summed E-state index contributed by atoms with van der Waals surface area (Å²) in [4.78, 5) is 0. The van der Waals surface area contributed by atoms with Gasteiger partial charge >= 0.3 is 39.3 Å². The Labute approximate surface area is 97.9 Å². The van der Waals surface area contributed by atoms with Gasteiger partial charge in [-0.25, -0.2) is 0 Å². The van der Waals surface area contributed by atoms with E-state index < -0.39 is 9.28 Å². The van der Waals surface area contributed by atoms with Gasteiger partial charge in [0, 0.05) is 0 Å². The molecule has 1 fully saturated rings. The summed E-state index contributed by atoms with van der Waals surface area (Å²) in [5, 5.41) is 1.12. The Morgan fingerprint density at radius 2 is 1.67 bits per heavy atom. The molecule has 1 heterocycles. The van der Waals surface area contributed by atoms with E-state index in [9.17, 15) is 0 Å². The lowest BCUT2D eigenvalue weighted by molar-refractivity contribution is 0.337. The van der Waals surface area contributed by atoms with Crippen LogP contribution in [-0.4, -0.2) is 39.3 Å². The summed E-state index contributed by atoms with van der Waals surface area (Å²) in [6, 6.07) is 8.07. The van der Waals surface area contributed by atoms with E-state index in [1.54, 1.807) is 0 Å². The van der Waals surface area contributed by atoms with Gasteiger partial charge in [0.15, 0.2) is 0 Å². The van der Waals surface area contributed by atoms with E-state index in [4.69, 9.17) is 16.5 Å². The van der Waals surface area contributed by atoms with Crippen molar-refractivity contribution in [2.75, 3.05) is 0 Å². The molecule has 0 aromatic heterocycles. The first-order chi connectivity index (χ1) is 7.38. The molecule has 4 nitrogen and oxygen atoms in total. The van der Waals surface area contributed by atoms with Crippen LogP contribution in [0.3, 0.4) is 0 Å². The third-order valence-electron chi connectivity index (χ3n) is 1.80. The van der Waals surface area contributed by atoms with E-state index in [-0.39, 0.29) is 30.0 Å². The largest absolute Gasteiger partial charge is 0.413 e. The monoisotopic (exact) mass is 267 g/mol. The second kappa shape index (κ2) is 5.86. The average molecular weight is 267 g/mol. The van der Waals surface area contributed by atoms with E-state index >= 15 is 0 Å². The van der Waals surface area contributed by atoms with Gasteiger partial charge in [0.1, 0.15) is 0 Å². The van der Waals surface area contributed by atoms with Crippen molar-refractivity contribution >= 4 is 44.5 Å². The van der Waals surface area contributed by atoms with E-state index in [2.05, 4.69) is 0 Å². The van der Waals surface area contributed by atoms with Crippen molar-refractivity contribution in [2.45, 2.75) is 6.92 Å². The van der Waals surface area contributed by atoms with Crippen molar-refractivity contribution in [1.29, 1.82) is 0 Å². The number of hydrogen-bond acceptors (Lipinski definition) is 4. The molecule has 2 rings (SSSR count). The summed E-state index contributed by atoms with van der Waals surface area (Å²) in [7, 11) is -1.40. The maximum atomic E-state index is 5.57. The van der Waals surface area contributed by atoms with Gasteiger partial charge in [0.2, 0.25) is 0 Å². The second-order valence-corrected chi connectivity index (χ2v) is 7.64. The highest BCUT2D eigenvalue weighted by Gasteiger charge is 2.24. The fourth-order valence-corrected chi connectivity index (χ4v) is 5.67. The molecular weight excluding hydrogens is 260 g/mol. The van der Waals surface area contributed by atoms with E-state index in [1.807, 2.05) is 31.2 Å². The summed E-state index contributed by atoms with van der Waals surface area (Å²) >= 11 is 0. The Balaban J connectivity index is 2.10. The van der Waals surface area contributed by atoms with Crippen LogP contribution < -0.4 is 5.19 Å². The Hall–Kier alpha value is -0.0725. The standard InChI is InChI=1S/C7H7O4Si4/c1-6-4-2-3-5-7(6)15-10-13-8-12-9-14-11-15/h2-5H,1H3. The van der Waals surface area contributed by atoms with Gasteiger partial charge in [0.25, 0.3) is 0 Å². The van der Waals surface area contributed by atoms with Crippen molar-refractivity contribution in [1.82, 2.24) is 0 Å². The van der Waals surface area contributed by atoms with Crippen molar-refractivity contribution < 1.29 is 16.5 Å². The summed E-state index contributed by atoms with van der Waals surface area (Å²) in [5.41, 5.74) is 1.18. The summed E-state index contributed by atoms with van der Waals surface area (Å²) in [5.74, 6) is 0. The van der Waals surface area contributed by atoms with Gasteiger partial charge in [0.05, 0.1) is 0 Å². The number of rotatable bonds is 1. The van der Waals surface area contributed by atoms with Crippen LogP contribution in [0.25, 0.3) is 0 Å². The molecule has 1 aromatic carbocycles. The molecule has 1 aliphatic rings. The molecule has 75 valence electrons. The van der Waals surface area contributed by atoms with E-state index in [0.717, 1.165) is 5.19 Å². The summed E-state index contributed by atoms with van der Waals surface area (Å²) < 4.78 is 21.4. The Morgan fingerprint density at radius 3 is 2.33 bits per heavy atom. The van der Waals surface area contributed by atoms with Crippen LogP contribution in [0.5, 0.6) is 0 Å². The fourth-order valence-electron chi connectivity index (χ4n) is 1.10. The third kappa shape index (κ3) is 3.19. The predicted octanol–water partition coefficient (Wildman–Crippen LogP) is -0.627. The maximum absolute atomic E-state index is 5.57. The van der Waals surface area contributed by atoms with Gasteiger partial charge in [-0.15, -0.1) is 0 Å². The lowest BCUT2D eigenvalue weighted by atomic mass is 10.2. The highest BCUT2D eigenvalue weighted by Crippen LogP contribution is 1.99. The van der Waals surface area contributed by atoms with Crippen molar-refractivity contribution in [3.05, 3.63) is 29.8 Å². The van der Waals surface area contributed by atoms with Gasteiger partial charge in [-0.05, 0) is 17.7 Å². The number of aryl methyl sites for hydroxylation is 1. The SMILES string of the molecule is Cc1ccccc1[Si]1O[Si]O[Si]O[Si]O1. The molecule has 0 saturated carbocycles. The molecule has 0 atom stereocenters. The first-order valence-electron chi connectivity index (χ1n) is 4.21. The zero-order valence-electron chi connectivity index (χ0n) is 7.94. The molecule has 0 bridgehead atoms.